The Bertz CT molecular complexity index is 820. The lowest BCUT2D eigenvalue weighted by Crippen LogP contribution is -2.25. The van der Waals surface area contributed by atoms with E-state index >= 15 is 0 Å². The number of Topliss-reactive ketones (excluding diaryl/α,β-unsaturated/α-hetero) is 1. The standard InChI is InChI=1S/C17H20O4S/c1-4-17(2,3)16(18)11-12-9-10-15(22(19,20)21)14-8-6-5-7-13(12)14/h5-10H,4,11H2,1-3H3,(H,19,20,21). The molecule has 1 N–H and O–H groups in total. The SMILES string of the molecule is CCC(C)(C)C(=O)Cc1ccc(S(=O)(=O)O)c2ccccc12. The van der Waals surface area contributed by atoms with Gasteiger partial charge in [0.05, 0.1) is 0 Å². The highest BCUT2D eigenvalue weighted by Gasteiger charge is 2.26. The van der Waals surface area contributed by atoms with Crippen molar-refractivity contribution in [2.24, 2.45) is 5.41 Å². The topological polar surface area (TPSA) is 71.4 Å². The predicted molar refractivity (Wildman–Crippen MR) is 86.5 cm³/mol. The van der Waals surface area contributed by atoms with E-state index in [-0.39, 0.29) is 17.1 Å². The van der Waals surface area contributed by atoms with Crippen LogP contribution in [0, 0.1) is 5.41 Å². The third-order valence-corrected chi connectivity index (χ3v) is 5.15. The van der Waals surface area contributed by atoms with Gasteiger partial charge in [-0.2, -0.15) is 8.42 Å². The highest BCUT2D eigenvalue weighted by atomic mass is 32.2. The smallest absolute Gasteiger partial charge is 0.295 e. The van der Waals surface area contributed by atoms with Crippen molar-refractivity contribution in [1.29, 1.82) is 0 Å². The van der Waals surface area contributed by atoms with Crippen LogP contribution in [-0.4, -0.2) is 18.8 Å². The summed E-state index contributed by atoms with van der Waals surface area (Å²) in [5, 5.41) is 1.11. The second kappa shape index (κ2) is 5.82. The zero-order valence-corrected chi connectivity index (χ0v) is 13.8. The Kier molecular flexibility index (Phi) is 4.40. The predicted octanol–water partition coefficient (Wildman–Crippen LogP) is 3.63. The number of hydrogen-bond acceptors (Lipinski definition) is 3. The molecule has 0 saturated carbocycles. The molecule has 2 aromatic rings. The first-order valence-corrected chi connectivity index (χ1v) is 8.62. The zero-order valence-electron chi connectivity index (χ0n) is 13.0. The Morgan fingerprint density at radius 1 is 1.09 bits per heavy atom. The number of benzene rings is 2. The molecular formula is C17H20O4S. The normalized spacial score (nSPS) is 12.5. The van der Waals surface area contributed by atoms with Gasteiger partial charge in [-0.3, -0.25) is 9.35 Å². The van der Waals surface area contributed by atoms with E-state index in [9.17, 15) is 17.8 Å². The molecule has 0 fully saturated rings. The number of rotatable bonds is 5. The summed E-state index contributed by atoms with van der Waals surface area (Å²) in [6, 6.07) is 9.87. The molecule has 5 heteroatoms. The minimum absolute atomic E-state index is 0.111. The molecule has 0 spiro atoms. The van der Waals surface area contributed by atoms with E-state index in [1.54, 1.807) is 30.3 Å². The Morgan fingerprint density at radius 2 is 1.68 bits per heavy atom. The van der Waals surface area contributed by atoms with Gasteiger partial charge >= 0.3 is 0 Å². The number of carbonyl (C=O) groups is 1. The van der Waals surface area contributed by atoms with Gasteiger partial charge in [0.1, 0.15) is 10.7 Å². The minimum atomic E-state index is -4.29. The maximum Gasteiger partial charge on any atom is 0.295 e. The molecule has 0 aliphatic rings. The van der Waals surface area contributed by atoms with Crippen molar-refractivity contribution >= 4 is 26.7 Å². The average molecular weight is 320 g/mol. The lowest BCUT2D eigenvalue weighted by Gasteiger charge is -2.21. The molecule has 2 aromatic carbocycles. The van der Waals surface area contributed by atoms with Gasteiger partial charge in [0.2, 0.25) is 0 Å². The van der Waals surface area contributed by atoms with E-state index in [4.69, 9.17) is 0 Å². The molecule has 2 rings (SSSR count). The first-order valence-electron chi connectivity index (χ1n) is 7.18. The fourth-order valence-electron chi connectivity index (χ4n) is 2.32. The summed E-state index contributed by atoms with van der Waals surface area (Å²) in [6.45, 7) is 5.78. The quantitative estimate of drug-likeness (QED) is 0.854. The van der Waals surface area contributed by atoms with Crippen LogP contribution in [0.2, 0.25) is 0 Å². The Labute approximate surface area is 130 Å². The van der Waals surface area contributed by atoms with Crippen molar-refractivity contribution in [1.82, 2.24) is 0 Å². The molecule has 0 heterocycles. The third-order valence-electron chi connectivity index (χ3n) is 4.24. The van der Waals surface area contributed by atoms with Crippen LogP contribution in [-0.2, 0) is 21.3 Å². The van der Waals surface area contributed by atoms with E-state index < -0.39 is 15.5 Å². The van der Waals surface area contributed by atoms with E-state index in [2.05, 4.69) is 0 Å². The van der Waals surface area contributed by atoms with Crippen LogP contribution in [0.3, 0.4) is 0 Å². The van der Waals surface area contributed by atoms with Crippen LogP contribution >= 0.6 is 0 Å². The van der Waals surface area contributed by atoms with Crippen molar-refractivity contribution in [3.05, 3.63) is 42.0 Å². The maximum atomic E-state index is 12.4. The minimum Gasteiger partial charge on any atom is -0.299 e. The number of carbonyl (C=O) groups excluding carboxylic acids is 1. The molecule has 0 saturated heterocycles. The van der Waals surface area contributed by atoms with Crippen molar-refractivity contribution < 1.29 is 17.8 Å². The molecule has 0 unspecified atom stereocenters. The second-order valence-electron chi connectivity index (χ2n) is 6.08. The Hall–Kier alpha value is -1.72. The molecule has 0 bridgehead atoms. The van der Waals surface area contributed by atoms with Crippen LogP contribution in [0.5, 0.6) is 0 Å². The van der Waals surface area contributed by atoms with Crippen LogP contribution in [0.25, 0.3) is 10.8 Å². The lowest BCUT2D eigenvalue weighted by atomic mass is 9.82. The molecule has 0 radical (unpaired) electrons. The number of ketones is 1. The molecule has 0 aliphatic carbocycles. The molecule has 0 atom stereocenters. The largest absolute Gasteiger partial charge is 0.299 e. The molecule has 0 aromatic heterocycles. The molecule has 22 heavy (non-hydrogen) atoms. The third kappa shape index (κ3) is 3.20. The van der Waals surface area contributed by atoms with Gasteiger partial charge in [-0.05, 0) is 23.4 Å². The highest BCUT2D eigenvalue weighted by molar-refractivity contribution is 7.86. The molecule has 4 nitrogen and oxygen atoms in total. The first-order chi connectivity index (χ1) is 10.2. The Balaban J connectivity index is 2.57. The van der Waals surface area contributed by atoms with Gasteiger partial charge in [-0.1, -0.05) is 51.1 Å². The van der Waals surface area contributed by atoms with E-state index in [0.29, 0.717) is 10.8 Å². The highest BCUT2D eigenvalue weighted by Crippen LogP contribution is 2.29. The van der Waals surface area contributed by atoms with Gasteiger partial charge < -0.3 is 0 Å². The van der Waals surface area contributed by atoms with E-state index in [1.165, 1.54) is 6.07 Å². The fourth-order valence-corrected chi connectivity index (χ4v) is 3.02. The van der Waals surface area contributed by atoms with Crippen LogP contribution in [0.15, 0.2) is 41.3 Å². The van der Waals surface area contributed by atoms with Gasteiger partial charge in [0.25, 0.3) is 10.1 Å². The van der Waals surface area contributed by atoms with Gasteiger partial charge in [0.15, 0.2) is 0 Å². The average Bonchev–Trinajstić information content (AvgIpc) is 2.46. The van der Waals surface area contributed by atoms with Gasteiger partial charge in [-0.15, -0.1) is 0 Å². The summed E-state index contributed by atoms with van der Waals surface area (Å²) in [5.74, 6) is 0.111. The van der Waals surface area contributed by atoms with Gasteiger partial charge in [-0.25, -0.2) is 0 Å². The number of hydrogen-bond donors (Lipinski definition) is 1. The molecule has 0 amide bonds. The van der Waals surface area contributed by atoms with Crippen molar-refractivity contribution in [3.8, 4) is 0 Å². The lowest BCUT2D eigenvalue weighted by molar-refractivity contribution is -0.126. The summed E-state index contributed by atoms with van der Waals surface area (Å²) in [4.78, 5) is 12.3. The van der Waals surface area contributed by atoms with E-state index in [0.717, 1.165) is 12.0 Å². The molecule has 0 aliphatic heterocycles. The van der Waals surface area contributed by atoms with Crippen molar-refractivity contribution in [2.45, 2.75) is 38.5 Å². The maximum absolute atomic E-state index is 12.4. The summed E-state index contributed by atoms with van der Waals surface area (Å²) < 4.78 is 32.3. The van der Waals surface area contributed by atoms with Gasteiger partial charge in [0, 0.05) is 17.2 Å². The van der Waals surface area contributed by atoms with Crippen LogP contribution < -0.4 is 0 Å². The second-order valence-corrected chi connectivity index (χ2v) is 7.47. The van der Waals surface area contributed by atoms with Crippen molar-refractivity contribution in [2.75, 3.05) is 0 Å². The molecule has 118 valence electrons. The molecular weight excluding hydrogens is 300 g/mol. The number of fused-ring (bicyclic) bond motifs is 1. The summed E-state index contributed by atoms with van der Waals surface area (Å²) >= 11 is 0. The van der Waals surface area contributed by atoms with Crippen LogP contribution in [0.1, 0.15) is 32.8 Å². The summed E-state index contributed by atoms with van der Waals surface area (Å²) in [5.41, 5.74) is 0.359. The summed E-state index contributed by atoms with van der Waals surface area (Å²) in [6.07, 6.45) is 0.986. The van der Waals surface area contributed by atoms with Crippen molar-refractivity contribution in [3.63, 3.8) is 0 Å². The van der Waals surface area contributed by atoms with Crippen LogP contribution in [0.4, 0.5) is 0 Å². The first kappa shape index (κ1) is 16.6. The zero-order chi connectivity index (χ0) is 16.5. The fraction of sp³-hybridized carbons (Fsp3) is 0.353. The summed E-state index contributed by atoms with van der Waals surface area (Å²) in [7, 11) is -4.29. The monoisotopic (exact) mass is 320 g/mol. The van der Waals surface area contributed by atoms with E-state index in [1.807, 2.05) is 20.8 Å². The Morgan fingerprint density at radius 3 is 2.23 bits per heavy atom.